The van der Waals surface area contributed by atoms with E-state index >= 15 is 0 Å². The van der Waals surface area contributed by atoms with Crippen molar-refractivity contribution in [1.82, 2.24) is 10.2 Å². The van der Waals surface area contributed by atoms with E-state index in [0.29, 0.717) is 26.1 Å². The van der Waals surface area contributed by atoms with Crippen molar-refractivity contribution in [2.45, 2.75) is 32.7 Å². The van der Waals surface area contributed by atoms with Crippen molar-refractivity contribution in [1.29, 1.82) is 0 Å². The Kier molecular flexibility index (Phi) is 5.81. The third-order valence-electron chi connectivity index (χ3n) is 4.17. The predicted octanol–water partition coefficient (Wildman–Crippen LogP) is 1.96. The molecule has 0 atom stereocenters. The van der Waals surface area contributed by atoms with Crippen molar-refractivity contribution in [2.75, 3.05) is 20.2 Å². The first-order valence-corrected chi connectivity index (χ1v) is 7.83. The van der Waals surface area contributed by atoms with Crippen LogP contribution in [0.4, 0.5) is 0 Å². The first-order chi connectivity index (χ1) is 10.7. The molecule has 1 saturated heterocycles. The van der Waals surface area contributed by atoms with E-state index in [9.17, 15) is 9.59 Å². The average Bonchev–Trinajstić information content (AvgIpc) is 2.59. The summed E-state index contributed by atoms with van der Waals surface area (Å²) in [4.78, 5) is 25.7. The van der Waals surface area contributed by atoms with Gasteiger partial charge >= 0.3 is 0 Å². The zero-order chi connectivity index (χ0) is 15.9. The number of ether oxygens (including phenoxy) is 1. The fourth-order valence-corrected chi connectivity index (χ4v) is 2.79. The number of carbonyl (C=O) groups excluding carboxylic acids is 2. The van der Waals surface area contributed by atoms with E-state index in [4.69, 9.17) is 4.74 Å². The molecule has 1 N–H and O–H groups in total. The molecule has 5 heteroatoms. The van der Waals surface area contributed by atoms with Gasteiger partial charge in [-0.3, -0.25) is 9.59 Å². The average molecular weight is 304 g/mol. The Morgan fingerprint density at radius 2 is 1.95 bits per heavy atom. The minimum atomic E-state index is -0.00406. The van der Waals surface area contributed by atoms with Crippen LogP contribution < -0.4 is 10.1 Å². The number of amides is 2. The maximum atomic E-state index is 12.3. The van der Waals surface area contributed by atoms with E-state index in [1.165, 1.54) is 0 Å². The molecule has 0 aromatic heterocycles. The molecule has 1 fully saturated rings. The summed E-state index contributed by atoms with van der Waals surface area (Å²) in [5.74, 6) is 1.02. The summed E-state index contributed by atoms with van der Waals surface area (Å²) < 4.78 is 5.28. The fraction of sp³-hybridized carbons (Fsp3) is 0.529. The topological polar surface area (TPSA) is 58.6 Å². The van der Waals surface area contributed by atoms with Crippen molar-refractivity contribution < 1.29 is 14.3 Å². The Balaban J connectivity index is 1.82. The first kappa shape index (κ1) is 16.3. The molecule has 1 aliphatic heterocycles. The minimum absolute atomic E-state index is 0.00406. The molecule has 2 amide bonds. The number of piperidine rings is 1. The van der Waals surface area contributed by atoms with Crippen LogP contribution in [0.5, 0.6) is 5.75 Å². The number of nitrogens with zero attached hydrogens (tertiary/aromatic N) is 1. The summed E-state index contributed by atoms with van der Waals surface area (Å²) in [5.41, 5.74) is 0.969. The Morgan fingerprint density at radius 1 is 1.27 bits per heavy atom. The van der Waals surface area contributed by atoms with Gasteiger partial charge in [-0.05, 0) is 18.9 Å². The number of rotatable bonds is 5. The van der Waals surface area contributed by atoms with Crippen LogP contribution in [0.15, 0.2) is 24.3 Å². The number of methoxy groups -OCH3 is 1. The molecule has 0 aliphatic carbocycles. The Bertz CT molecular complexity index is 522. The molecular formula is C17H24N2O3. The van der Waals surface area contributed by atoms with Gasteiger partial charge in [0, 0.05) is 37.5 Å². The molecule has 120 valence electrons. The Morgan fingerprint density at radius 3 is 2.59 bits per heavy atom. The second-order valence-corrected chi connectivity index (χ2v) is 5.54. The Labute approximate surface area is 131 Å². The van der Waals surface area contributed by atoms with E-state index < -0.39 is 0 Å². The first-order valence-electron chi connectivity index (χ1n) is 7.83. The predicted molar refractivity (Wildman–Crippen MR) is 84.4 cm³/mol. The molecule has 5 nitrogen and oxygen atoms in total. The van der Waals surface area contributed by atoms with Gasteiger partial charge < -0.3 is 15.0 Å². The molecule has 0 radical (unpaired) electrons. The zero-order valence-electron chi connectivity index (χ0n) is 13.3. The van der Waals surface area contributed by atoms with E-state index in [2.05, 4.69) is 5.32 Å². The molecule has 1 aliphatic rings. The summed E-state index contributed by atoms with van der Waals surface area (Å²) in [6.45, 7) is 3.70. The summed E-state index contributed by atoms with van der Waals surface area (Å²) in [5, 5.41) is 2.98. The van der Waals surface area contributed by atoms with Gasteiger partial charge in [-0.1, -0.05) is 25.1 Å². The van der Waals surface area contributed by atoms with Gasteiger partial charge in [-0.15, -0.1) is 0 Å². The van der Waals surface area contributed by atoms with Crippen molar-refractivity contribution in [2.24, 2.45) is 5.92 Å². The Hall–Kier alpha value is -2.04. The van der Waals surface area contributed by atoms with Gasteiger partial charge in [-0.25, -0.2) is 0 Å². The lowest BCUT2D eigenvalue weighted by molar-refractivity contribution is -0.135. The van der Waals surface area contributed by atoms with Crippen LogP contribution in [0.3, 0.4) is 0 Å². The van der Waals surface area contributed by atoms with E-state index in [1.54, 1.807) is 7.11 Å². The quantitative estimate of drug-likeness (QED) is 0.904. The van der Waals surface area contributed by atoms with Crippen molar-refractivity contribution in [3.8, 4) is 5.75 Å². The lowest BCUT2D eigenvalue weighted by Crippen LogP contribution is -2.42. The number of nitrogens with one attached hydrogen (secondary N) is 1. The molecular weight excluding hydrogens is 280 g/mol. The van der Waals surface area contributed by atoms with E-state index in [1.807, 2.05) is 36.1 Å². The highest BCUT2D eigenvalue weighted by atomic mass is 16.5. The lowest BCUT2D eigenvalue weighted by atomic mass is 9.95. The lowest BCUT2D eigenvalue weighted by Gasteiger charge is -2.31. The maximum absolute atomic E-state index is 12.3. The van der Waals surface area contributed by atoms with Crippen LogP contribution in [0.25, 0.3) is 0 Å². The molecule has 0 bridgehead atoms. The second kappa shape index (κ2) is 7.82. The molecule has 0 unspecified atom stereocenters. The van der Waals surface area contributed by atoms with Crippen LogP contribution in [0.2, 0.25) is 0 Å². The summed E-state index contributed by atoms with van der Waals surface area (Å²) >= 11 is 0. The highest BCUT2D eigenvalue weighted by Gasteiger charge is 2.26. The van der Waals surface area contributed by atoms with Crippen LogP contribution in [0, 0.1) is 5.92 Å². The molecule has 22 heavy (non-hydrogen) atoms. The van der Waals surface area contributed by atoms with Gasteiger partial charge in [0.1, 0.15) is 5.75 Å². The highest BCUT2D eigenvalue weighted by Crippen LogP contribution is 2.20. The number of para-hydroxylation sites is 1. The third-order valence-corrected chi connectivity index (χ3v) is 4.17. The number of hydrogen-bond acceptors (Lipinski definition) is 3. The number of carbonyl (C=O) groups is 2. The van der Waals surface area contributed by atoms with E-state index in [-0.39, 0.29) is 17.7 Å². The van der Waals surface area contributed by atoms with Gasteiger partial charge in [-0.2, -0.15) is 0 Å². The van der Waals surface area contributed by atoms with Gasteiger partial charge in [0.15, 0.2) is 0 Å². The van der Waals surface area contributed by atoms with Gasteiger partial charge in [0.2, 0.25) is 11.8 Å². The van der Waals surface area contributed by atoms with Gasteiger partial charge in [0.25, 0.3) is 0 Å². The molecule has 1 aromatic carbocycles. The van der Waals surface area contributed by atoms with Crippen molar-refractivity contribution in [3.63, 3.8) is 0 Å². The molecule has 2 rings (SSSR count). The zero-order valence-corrected chi connectivity index (χ0v) is 13.3. The normalized spacial score (nSPS) is 15.5. The molecule has 0 spiro atoms. The summed E-state index contributed by atoms with van der Waals surface area (Å²) in [7, 11) is 1.63. The van der Waals surface area contributed by atoms with Crippen LogP contribution in [-0.4, -0.2) is 36.9 Å². The number of benzene rings is 1. The fourth-order valence-electron chi connectivity index (χ4n) is 2.79. The van der Waals surface area contributed by atoms with Crippen LogP contribution in [-0.2, 0) is 16.1 Å². The molecule has 1 aromatic rings. The maximum Gasteiger partial charge on any atom is 0.223 e. The van der Waals surface area contributed by atoms with Crippen molar-refractivity contribution in [3.05, 3.63) is 29.8 Å². The SMILES string of the molecule is CCC(=O)N1CCC(C(=O)NCc2ccccc2OC)CC1. The molecule has 1 heterocycles. The summed E-state index contributed by atoms with van der Waals surface area (Å²) in [6, 6.07) is 7.67. The largest absolute Gasteiger partial charge is 0.496 e. The minimum Gasteiger partial charge on any atom is -0.496 e. The third kappa shape index (κ3) is 4.00. The smallest absolute Gasteiger partial charge is 0.223 e. The monoisotopic (exact) mass is 304 g/mol. The number of hydrogen-bond donors (Lipinski definition) is 1. The molecule has 0 saturated carbocycles. The number of likely N-dealkylation sites (tertiary alicyclic amines) is 1. The van der Waals surface area contributed by atoms with Crippen LogP contribution in [0.1, 0.15) is 31.7 Å². The van der Waals surface area contributed by atoms with Crippen molar-refractivity contribution >= 4 is 11.8 Å². The van der Waals surface area contributed by atoms with Crippen LogP contribution >= 0.6 is 0 Å². The summed E-state index contributed by atoms with van der Waals surface area (Å²) in [6.07, 6.45) is 2.01. The highest BCUT2D eigenvalue weighted by molar-refractivity contribution is 5.80. The van der Waals surface area contributed by atoms with E-state index in [0.717, 1.165) is 24.2 Å². The standard InChI is InChI=1S/C17H24N2O3/c1-3-16(20)19-10-8-13(9-11-19)17(21)18-12-14-6-4-5-7-15(14)22-2/h4-7,13H,3,8-12H2,1-2H3,(H,18,21). The van der Waals surface area contributed by atoms with Gasteiger partial charge in [0.05, 0.1) is 7.11 Å². The second-order valence-electron chi connectivity index (χ2n) is 5.54.